The van der Waals surface area contributed by atoms with E-state index in [1.807, 2.05) is 6.20 Å². The SMILES string of the molecule is Cc1ccccc1-c1cn[nH]c1C1CCNC1. The van der Waals surface area contributed by atoms with Crippen molar-refractivity contribution in [3.8, 4) is 11.1 Å². The van der Waals surface area contributed by atoms with E-state index in [1.165, 1.54) is 28.8 Å². The molecular weight excluding hydrogens is 210 g/mol. The van der Waals surface area contributed by atoms with Crippen LogP contribution in [0.5, 0.6) is 0 Å². The van der Waals surface area contributed by atoms with Crippen molar-refractivity contribution in [2.75, 3.05) is 13.1 Å². The van der Waals surface area contributed by atoms with E-state index in [2.05, 4.69) is 46.7 Å². The molecule has 1 aromatic heterocycles. The van der Waals surface area contributed by atoms with Gasteiger partial charge in [-0.15, -0.1) is 0 Å². The van der Waals surface area contributed by atoms with Crippen molar-refractivity contribution in [2.24, 2.45) is 0 Å². The Morgan fingerprint density at radius 3 is 2.88 bits per heavy atom. The van der Waals surface area contributed by atoms with Gasteiger partial charge in [0.2, 0.25) is 0 Å². The lowest BCUT2D eigenvalue weighted by Gasteiger charge is -2.10. The van der Waals surface area contributed by atoms with Crippen LogP contribution in [0.25, 0.3) is 11.1 Å². The van der Waals surface area contributed by atoms with Gasteiger partial charge < -0.3 is 5.32 Å². The fourth-order valence-corrected chi connectivity index (χ4v) is 2.60. The largest absolute Gasteiger partial charge is 0.316 e. The minimum atomic E-state index is 0.576. The van der Waals surface area contributed by atoms with Crippen LogP contribution in [-0.2, 0) is 0 Å². The fraction of sp³-hybridized carbons (Fsp3) is 0.357. The molecule has 0 aliphatic carbocycles. The predicted molar refractivity (Wildman–Crippen MR) is 69.0 cm³/mol. The second-order valence-electron chi connectivity index (χ2n) is 4.70. The fourth-order valence-electron chi connectivity index (χ4n) is 2.60. The number of hydrogen-bond acceptors (Lipinski definition) is 2. The molecule has 1 unspecified atom stereocenters. The average molecular weight is 227 g/mol. The van der Waals surface area contributed by atoms with Gasteiger partial charge in [-0.05, 0) is 31.0 Å². The first kappa shape index (κ1) is 10.5. The maximum Gasteiger partial charge on any atom is 0.0568 e. The second kappa shape index (κ2) is 4.34. The lowest BCUT2D eigenvalue weighted by Crippen LogP contribution is -2.08. The summed E-state index contributed by atoms with van der Waals surface area (Å²) in [6.45, 7) is 4.32. The van der Waals surface area contributed by atoms with Gasteiger partial charge in [0.15, 0.2) is 0 Å². The molecule has 2 N–H and O–H groups in total. The van der Waals surface area contributed by atoms with Crippen molar-refractivity contribution in [3.05, 3.63) is 41.7 Å². The van der Waals surface area contributed by atoms with Gasteiger partial charge in [0.1, 0.15) is 0 Å². The average Bonchev–Trinajstić information content (AvgIpc) is 3.00. The summed E-state index contributed by atoms with van der Waals surface area (Å²) in [5, 5.41) is 10.8. The number of nitrogens with one attached hydrogen (secondary N) is 2. The molecule has 2 heterocycles. The molecule has 17 heavy (non-hydrogen) atoms. The molecule has 0 spiro atoms. The van der Waals surface area contributed by atoms with E-state index in [4.69, 9.17) is 0 Å². The van der Waals surface area contributed by atoms with Gasteiger partial charge in [-0.25, -0.2) is 0 Å². The van der Waals surface area contributed by atoms with Crippen molar-refractivity contribution in [3.63, 3.8) is 0 Å². The Hall–Kier alpha value is -1.61. The van der Waals surface area contributed by atoms with E-state index < -0.39 is 0 Å². The lowest BCUT2D eigenvalue weighted by atomic mass is 9.94. The third-order valence-electron chi connectivity index (χ3n) is 3.57. The molecule has 0 saturated carbocycles. The number of H-pyrrole nitrogens is 1. The van der Waals surface area contributed by atoms with Crippen molar-refractivity contribution in [1.82, 2.24) is 15.5 Å². The van der Waals surface area contributed by atoms with E-state index in [0.717, 1.165) is 13.1 Å². The van der Waals surface area contributed by atoms with E-state index in [1.54, 1.807) is 0 Å². The van der Waals surface area contributed by atoms with Crippen LogP contribution in [0.2, 0.25) is 0 Å². The Morgan fingerprint density at radius 1 is 1.24 bits per heavy atom. The zero-order valence-electron chi connectivity index (χ0n) is 10.0. The van der Waals surface area contributed by atoms with Gasteiger partial charge in [-0.2, -0.15) is 5.10 Å². The standard InChI is InChI=1S/C14H17N3/c1-10-4-2-3-5-12(10)13-9-16-17-14(13)11-6-7-15-8-11/h2-5,9,11,15H,6-8H2,1H3,(H,16,17). The molecule has 3 heteroatoms. The number of rotatable bonds is 2. The molecule has 0 amide bonds. The van der Waals surface area contributed by atoms with Crippen LogP contribution in [-0.4, -0.2) is 23.3 Å². The summed E-state index contributed by atoms with van der Waals surface area (Å²) in [5.41, 5.74) is 5.14. The maximum atomic E-state index is 4.23. The summed E-state index contributed by atoms with van der Waals surface area (Å²) in [7, 11) is 0. The summed E-state index contributed by atoms with van der Waals surface area (Å²) in [6, 6.07) is 8.49. The van der Waals surface area contributed by atoms with Crippen molar-refractivity contribution in [1.29, 1.82) is 0 Å². The summed E-state index contributed by atoms with van der Waals surface area (Å²) in [6.07, 6.45) is 3.15. The van der Waals surface area contributed by atoms with E-state index in [9.17, 15) is 0 Å². The molecule has 3 nitrogen and oxygen atoms in total. The second-order valence-corrected chi connectivity index (χ2v) is 4.70. The molecule has 1 aromatic carbocycles. The Morgan fingerprint density at radius 2 is 2.12 bits per heavy atom. The summed E-state index contributed by atoms with van der Waals surface area (Å²) in [5.74, 6) is 0.576. The molecule has 1 aliphatic rings. The van der Waals surface area contributed by atoms with Crippen LogP contribution in [0, 0.1) is 6.92 Å². The molecule has 88 valence electrons. The normalized spacial score (nSPS) is 19.7. The number of hydrogen-bond donors (Lipinski definition) is 2. The number of nitrogens with zero attached hydrogens (tertiary/aromatic N) is 1. The summed E-state index contributed by atoms with van der Waals surface area (Å²) >= 11 is 0. The first-order valence-electron chi connectivity index (χ1n) is 6.16. The highest BCUT2D eigenvalue weighted by Gasteiger charge is 2.22. The van der Waals surface area contributed by atoms with Crippen molar-refractivity contribution >= 4 is 0 Å². The van der Waals surface area contributed by atoms with Crippen LogP contribution in [0.15, 0.2) is 30.5 Å². The Labute approximate surface area is 101 Å². The molecule has 1 aliphatic heterocycles. The van der Waals surface area contributed by atoms with E-state index >= 15 is 0 Å². The minimum Gasteiger partial charge on any atom is -0.316 e. The molecule has 3 rings (SSSR count). The Kier molecular flexibility index (Phi) is 2.69. The van der Waals surface area contributed by atoms with Crippen molar-refractivity contribution in [2.45, 2.75) is 19.3 Å². The lowest BCUT2D eigenvalue weighted by molar-refractivity contribution is 0.730. The molecule has 1 fully saturated rings. The van der Waals surface area contributed by atoms with Crippen LogP contribution in [0.3, 0.4) is 0 Å². The highest BCUT2D eigenvalue weighted by atomic mass is 15.1. The smallest absolute Gasteiger partial charge is 0.0568 e. The van der Waals surface area contributed by atoms with Gasteiger partial charge in [-0.3, -0.25) is 5.10 Å². The van der Waals surface area contributed by atoms with E-state index in [-0.39, 0.29) is 0 Å². The first-order valence-corrected chi connectivity index (χ1v) is 6.16. The molecule has 0 bridgehead atoms. The van der Waals surface area contributed by atoms with Crippen LogP contribution >= 0.6 is 0 Å². The minimum absolute atomic E-state index is 0.576. The van der Waals surface area contributed by atoms with Crippen LogP contribution in [0.4, 0.5) is 0 Å². The number of aromatic nitrogens is 2. The monoisotopic (exact) mass is 227 g/mol. The highest BCUT2D eigenvalue weighted by molar-refractivity contribution is 5.69. The van der Waals surface area contributed by atoms with E-state index in [0.29, 0.717) is 5.92 Å². The first-order chi connectivity index (χ1) is 8.36. The molecule has 0 radical (unpaired) electrons. The van der Waals surface area contributed by atoms with Gasteiger partial charge in [-0.1, -0.05) is 24.3 Å². The zero-order chi connectivity index (χ0) is 11.7. The molecule has 1 atom stereocenters. The topological polar surface area (TPSA) is 40.7 Å². The maximum absolute atomic E-state index is 4.23. The highest BCUT2D eigenvalue weighted by Crippen LogP contribution is 2.32. The summed E-state index contributed by atoms with van der Waals surface area (Å²) < 4.78 is 0. The third kappa shape index (κ3) is 1.87. The Balaban J connectivity index is 2.04. The Bertz CT molecular complexity index is 510. The zero-order valence-corrected chi connectivity index (χ0v) is 10.0. The molecule has 1 saturated heterocycles. The number of aryl methyl sites for hydroxylation is 1. The third-order valence-corrected chi connectivity index (χ3v) is 3.57. The quantitative estimate of drug-likeness (QED) is 0.827. The molecular formula is C14H17N3. The van der Waals surface area contributed by atoms with Gasteiger partial charge in [0.05, 0.1) is 6.20 Å². The van der Waals surface area contributed by atoms with Gasteiger partial charge in [0, 0.05) is 23.7 Å². The van der Waals surface area contributed by atoms with Gasteiger partial charge in [0.25, 0.3) is 0 Å². The number of benzene rings is 1. The van der Waals surface area contributed by atoms with Gasteiger partial charge >= 0.3 is 0 Å². The van der Waals surface area contributed by atoms with Crippen LogP contribution in [0.1, 0.15) is 23.6 Å². The number of aromatic amines is 1. The van der Waals surface area contributed by atoms with Crippen LogP contribution < -0.4 is 5.32 Å². The van der Waals surface area contributed by atoms with Crippen molar-refractivity contribution < 1.29 is 0 Å². The summed E-state index contributed by atoms with van der Waals surface area (Å²) in [4.78, 5) is 0. The molecule has 2 aromatic rings. The predicted octanol–water partition coefficient (Wildman–Crippen LogP) is 2.46.